The van der Waals surface area contributed by atoms with E-state index in [2.05, 4.69) is 19.1 Å². The Bertz CT molecular complexity index is 566. The van der Waals surface area contributed by atoms with E-state index in [0.717, 1.165) is 25.7 Å². The molecular weight excluding hydrogens is 342 g/mol. The van der Waals surface area contributed by atoms with Crippen LogP contribution in [0, 0.1) is 10.1 Å². The monoisotopic (exact) mass is 375 g/mol. The van der Waals surface area contributed by atoms with Crippen molar-refractivity contribution >= 4 is 11.7 Å². The second kappa shape index (κ2) is 14.9. The van der Waals surface area contributed by atoms with Gasteiger partial charge in [-0.25, -0.2) is 0 Å². The molecule has 0 aromatic heterocycles. The molecule has 0 aliphatic heterocycles. The van der Waals surface area contributed by atoms with Crippen LogP contribution in [0.1, 0.15) is 84.0 Å². The van der Waals surface area contributed by atoms with E-state index in [9.17, 15) is 14.9 Å². The molecule has 0 aliphatic rings. The molecule has 27 heavy (non-hydrogen) atoms. The number of allylic oxidation sites excluding steroid dienone is 2. The zero-order valence-corrected chi connectivity index (χ0v) is 16.5. The molecule has 5 heteroatoms. The summed E-state index contributed by atoms with van der Waals surface area (Å²) in [7, 11) is 0. The van der Waals surface area contributed by atoms with Crippen LogP contribution in [0.4, 0.5) is 5.69 Å². The number of unbranched alkanes of at least 4 members (excludes halogenated alkanes) is 9. The predicted octanol–water partition coefficient (Wildman–Crippen LogP) is 6.76. The van der Waals surface area contributed by atoms with Crippen LogP contribution in [-0.4, -0.2) is 10.9 Å². The molecule has 0 saturated carbocycles. The van der Waals surface area contributed by atoms with Crippen LogP contribution < -0.4 is 4.74 Å². The van der Waals surface area contributed by atoms with Crippen LogP contribution in [0.5, 0.6) is 5.75 Å². The first-order chi connectivity index (χ1) is 13.1. The molecule has 1 rings (SSSR count). The number of nitro groups is 1. The van der Waals surface area contributed by atoms with Crippen LogP contribution in [-0.2, 0) is 4.79 Å². The maximum absolute atomic E-state index is 11.8. The van der Waals surface area contributed by atoms with E-state index < -0.39 is 4.92 Å². The number of nitro benzene ring substituents is 1. The molecule has 0 unspecified atom stereocenters. The van der Waals surface area contributed by atoms with Crippen molar-refractivity contribution in [2.75, 3.05) is 0 Å². The number of hydrogen-bond donors (Lipinski definition) is 0. The topological polar surface area (TPSA) is 69.4 Å². The minimum atomic E-state index is -0.477. The summed E-state index contributed by atoms with van der Waals surface area (Å²) in [6.45, 7) is 2.23. The van der Waals surface area contributed by atoms with Crippen LogP contribution in [0.25, 0.3) is 0 Å². The van der Waals surface area contributed by atoms with Gasteiger partial charge in [0.1, 0.15) is 5.75 Å². The molecule has 1 aromatic carbocycles. The van der Waals surface area contributed by atoms with Gasteiger partial charge in [-0.1, -0.05) is 57.6 Å². The summed E-state index contributed by atoms with van der Waals surface area (Å²) in [6, 6.07) is 5.57. The summed E-state index contributed by atoms with van der Waals surface area (Å²) in [4.78, 5) is 21.9. The number of benzene rings is 1. The molecule has 0 N–H and O–H groups in total. The van der Waals surface area contributed by atoms with E-state index in [0.29, 0.717) is 12.2 Å². The standard InChI is InChI=1S/C22H33NO4/c1-2-3-4-5-6-7-8-9-10-11-12-13-14-15-22(24)27-21-18-16-20(17-19-21)23(25)26/h7-8,16-19H,2-6,9-15H2,1H3/b8-7+. The first-order valence-corrected chi connectivity index (χ1v) is 10.2. The Labute approximate surface area is 163 Å². The highest BCUT2D eigenvalue weighted by Crippen LogP contribution is 2.18. The van der Waals surface area contributed by atoms with Gasteiger partial charge in [0.15, 0.2) is 0 Å². The Hall–Kier alpha value is -2.17. The lowest BCUT2D eigenvalue weighted by Gasteiger charge is -2.04. The van der Waals surface area contributed by atoms with Crippen LogP contribution >= 0.6 is 0 Å². The van der Waals surface area contributed by atoms with E-state index >= 15 is 0 Å². The molecule has 0 amide bonds. The molecule has 0 saturated heterocycles. The number of nitrogens with zero attached hydrogens (tertiary/aromatic N) is 1. The van der Waals surface area contributed by atoms with Gasteiger partial charge >= 0.3 is 5.97 Å². The van der Waals surface area contributed by atoms with Crippen molar-refractivity contribution in [2.45, 2.75) is 84.0 Å². The molecule has 0 aliphatic carbocycles. The van der Waals surface area contributed by atoms with Crippen molar-refractivity contribution < 1.29 is 14.5 Å². The van der Waals surface area contributed by atoms with E-state index in [1.807, 2.05) is 0 Å². The fraction of sp³-hybridized carbons (Fsp3) is 0.591. The Kier molecular flexibility index (Phi) is 12.7. The third-order valence-corrected chi connectivity index (χ3v) is 4.42. The molecular formula is C22H33NO4. The SMILES string of the molecule is CCCCCC/C=C/CCCCCCCC(=O)Oc1ccc([N+](=O)[O-])cc1. The van der Waals surface area contributed by atoms with Gasteiger partial charge in [0.05, 0.1) is 4.92 Å². The van der Waals surface area contributed by atoms with Gasteiger partial charge in [0, 0.05) is 18.6 Å². The maximum atomic E-state index is 11.8. The van der Waals surface area contributed by atoms with Gasteiger partial charge in [-0.15, -0.1) is 0 Å². The van der Waals surface area contributed by atoms with Crippen molar-refractivity contribution in [3.8, 4) is 5.75 Å². The van der Waals surface area contributed by atoms with Gasteiger partial charge < -0.3 is 4.74 Å². The zero-order valence-electron chi connectivity index (χ0n) is 16.5. The Balaban J connectivity index is 1.97. The summed E-state index contributed by atoms with van der Waals surface area (Å²) in [5, 5.41) is 10.6. The van der Waals surface area contributed by atoms with E-state index in [1.54, 1.807) is 0 Å². The Morgan fingerprint density at radius 1 is 0.926 bits per heavy atom. The predicted molar refractivity (Wildman–Crippen MR) is 109 cm³/mol. The first-order valence-electron chi connectivity index (χ1n) is 10.2. The third-order valence-electron chi connectivity index (χ3n) is 4.42. The highest BCUT2D eigenvalue weighted by Gasteiger charge is 2.08. The van der Waals surface area contributed by atoms with Gasteiger partial charge in [-0.2, -0.15) is 0 Å². The van der Waals surface area contributed by atoms with Crippen molar-refractivity contribution in [3.63, 3.8) is 0 Å². The average Bonchev–Trinajstić information content (AvgIpc) is 2.66. The molecule has 5 nitrogen and oxygen atoms in total. The number of rotatable bonds is 15. The molecule has 0 radical (unpaired) electrons. The molecule has 0 bridgehead atoms. The summed E-state index contributed by atoms with van der Waals surface area (Å²) >= 11 is 0. The van der Waals surface area contributed by atoms with E-state index in [-0.39, 0.29) is 11.7 Å². The number of non-ortho nitro benzene ring substituents is 1. The number of carbonyl (C=O) groups excluding carboxylic acids is 1. The van der Waals surface area contributed by atoms with Gasteiger partial charge in [-0.3, -0.25) is 14.9 Å². The molecule has 1 aromatic rings. The smallest absolute Gasteiger partial charge is 0.311 e. The molecule has 0 spiro atoms. The number of carbonyl (C=O) groups is 1. The van der Waals surface area contributed by atoms with Crippen LogP contribution in [0.3, 0.4) is 0 Å². The average molecular weight is 376 g/mol. The van der Waals surface area contributed by atoms with Crippen LogP contribution in [0.2, 0.25) is 0 Å². The van der Waals surface area contributed by atoms with Crippen molar-refractivity contribution in [1.29, 1.82) is 0 Å². The number of hydrogen-bond acceptors (Lipinski definition) is 4. The van der Waals surface area contributed by atoms with Crippen molar-refractivity contribution in [2.24, 2.45) is 0 Å². The van der Waals surface area contributed by atoms with E-state index in [4.69, 9.17) is 4.74 Å². The first kappa shape index (κ1) is 22.9. The van der Waals surface area contributed by atoms with Gasteiger partial charge in [-0.05, 0) is 44.2 Å². The molecule has 0 atom stereocenters. The largest absolute Gasteiger partial charge is 0.427 e. The number of esters is 1. The highest BCUT2D eigenvalue weighted by atomic mass is 16.6. The quantitative estimate of drug-likeness (QED) is 0.0848. The summed E-state index contributed by atoms with van der Waals surface area (Å²) < 4.78 is 5.19. The van der Waals surface area contributed by atoms with Gasteiger partial charge in [0.2, 0.25) is 0 Å². The lowest BCUT2D eigenvalue weighted by atomic mass is 10.1. The molecule has 0 heterocycles. The minimum absolute atomic E-state index is 0.0128. The second-order valence-corrected chi connectivity index (χ2v) is 6.85. The van der Waals surface area contributed by atoms with Crippen LogP contribution in [0.15, 0.2) is 36.4 Å². The Morgan fingerprint density at radius 3 is 2.07 bits per heavy atom. The highest BCUT2D eigenvalue weighted by molar-refractivity contribution is 5.72. The molecule has 0 fully saturated rings. The number of ether oxygens (including phenoxy) is 1. The second-order valence-electron chi connectivity index (χ2n) is 6.85. The Morgan fingerprint density at radius 2 is 1.48 bits per heavy atom. The normalized spacial score (nSPS) is 11.0. The summed E-state index contributed by atoms with van der Waals surface area (Å²) in [5.74, 6) is 0.0712. The fourth-order valence-electron chi connectivity index (χ4n) is 2.80. The van der Waals surface area contributed by atoms with Gasteiger partial charge in [0.25, 0.3) is 5.69 Å². The summed E-state index contributed by atoms with van der Waals surface area (Å²) in [6.07, 6.45) is 18.0. The van der Waals surface area contributed by atoms with Crippen molar-refractivity contribution in [3.05, 3.63) is 46.5 Å². The summed E-state index contributed by atoms with van der Waals surface area (Å²) in [5.41, 5.74) is -0.0128. The lowest BCUT2D eigenvalue weighted by Crippen LogP contribution is -2.07. The molecule has 150 valence electrons. The third kappa shape index (κ3) is 11.9. The lowest BCUT2D eigenvalue weighted by molar-refractivity contribution is -0.384. The maximum Gasteiger partial charge on any atom is 0.311 e. The minimum Gasteiger partial charge on any atom is -0.427 e. The van der Waals surface area contributed by atoms with Crippen molar-refractivity contribution in [1.82, 2.24) is 0 Å². The van der Waals surface area contributed by atoms with E-state index in [1.165, 1.54) is 69.2 Å². The zero-order chi connectivity index (χ0) is 19.7. The fourth-order valence-corrected chi connectivity index (χ4v) is 2.80.